The molecule has 1 aliphatic rings. The maximum atomic E-state index is 6.08. The second-order valence-electron chi connectivity index (χ2n) is 5.99. The maximum absolute atomic E-state index is 6.08. The first-order valence-corrected chi connectivity index (χ1v) is 8.45. The SMILES string of the molecule is CCOc1ccc(C(CN)N2CCCC(CC)CC2)cc1. The fourth-order valence-electron chi connectivity index (χ4n) is 3.36. The summed E-state index contributed by atoms with van der Waals surface area (Å²) in [6.45, 7) is 8.07. The Bertz CT molecular complexity index is 404. The predicted molar refractivity (Wildman–Crippen MR) is 88.6 cm³/mol. The number of ether oxygens (including phenoxy) is 1. The van der Waals surface area contributed by atoms with Gasteiger partial charge in [0, 0.05) is 12.6 Å². The number of hydrogen-bond acceptors (Lipinski definition) is 3. The summed E-state index contributed by atoms with van der Waals surface area (Å²) < 4.78 is 5.52. The molecule has 21 heavy (non-hydrogen) atoms. The highest BCUT2D eigenvalue weighted by atomic mass is 16.5. The lowest BCUT2D eigenvalue weighted by molar-refractivity contribution is 0.206. The van der Waals surface area contributed by atoms with E-state index in [4.69, 9.17) is 10.5 Å². The van der Waals surface area contributed by atoms with Crippen LogP contribution in [0.25, 0.3) is 0 Å². The van der Waals surface area contributed by atoms with Gasteiger partial charge in [0.1, 0.15) is 5.75 Å². The summed E-state index contributed by atoms with van der Waals surface area (Å²) in [7, 11) is 0. The van der Waals surface area contributed by atoms with E-state index in [1.807, 2.05) is 6.92 Å². The molecule has 2 atom stereocenters. The summed E-state index contributed by atoms with van der Waals surface area (Å²) in [6.07, 6.45) is 5.29. The molecule has 3 heteroatoms. The van der Waals surface area contributed by atoms with Crippen molar-refractivity contribution in [2.24, 2.45) is 11.7 Å². The van der Waals surface area contributed by atoms with Gasteiger partial charge in [-0.05, 0) is 62.9 Å². The van der Waals surface area contributed by atoms with Crippen molar-refractivity contribution in [1.82, 2.24) is 4.90 Å². The third kappa shape index (κ3) is 4.45. The highest BCUT2D eigenvalue weighted by Gasteiger charge is 2.22. The number of benzene rings is 1. The molecule has 0 bridgehead atoms. The topological polar surface area (TPSA) is 38.5 Å². The predicted octanol–water partition coefficient (Wildman–Crippen LogP) is 3.60. The highest BCUT2D eigenvalue weighted by molar-refractivity contribution is 5.29. The van der Waals surface area contributed by atoms with Gasteiger partial charge in [0.25, 0.3) is 0 Å². The van der Waals surface area contributed by atoms with E-state index in [-0.39, 0.29) is 0 Å². The molecule has 2 N–H and O–H groups in total. The minimum absolute atomic E-state index is 0.344. The number of nitrogens with two attached hydrogens (primary N) is 1. The third-order valence-corrected chi connectivity index (χ3v) is 4.70. The van der Waals surface area contributed by atoms with E-state index in [0.717, 1.165) is 11.7 Å². The molecule has 2 rings (SSSR count). The Morgan fingerprint density at radius 3 is 2.57 bits per heavy atom. The minimum atomic E-state index is 0.344. The molecule has 0 amide bonds. The van der Waals surface area contributed by atoms with Crippen molar-refractivity contribution in [3.63, 3.8) is 0 Å². The molecular formula is C18H30N2O. The third-order valence-electron chi connectivity index (χ3n) is 4.70. The molecule has 1 heterocycles. The standard InChI is InChI=1S/C18H30N2O/c1-3-15-6-5-12-20(13-11-15)18(14-19)16-7-9-17(10-8-16)21-4-2/h7-10,15,18H,3-6,11-14,19H2,1-2H3. The molecule has 1 fully saturated rings. The van der Waals surface area contributed by atoms with Crippen LogP contribution in [0.3, 0.4) is 0 Å². The van der Waals surface area contributed by atoms with Crippen LogP contribution in [0, 0.1) is 5.92 Å². The Balaban J connectivity index is 2.04. The molecule has 0 aromatic heterocycles. The zero-order valence-corrected chi connectivity index (χ0v) is 13.6. The summed E-state index contributed by atoms with van der Waals surface area (Å²) in [5.74, 6) is 1.84. The van der Waals surface area contributed by atoms with Gasteiger partial charge >= 0.3 is 0 Å². The molecule has 1 aliphatic heterocycles. The minimum Gasteiger partial charge on any atom is -0.494 e. The van der Waals surface area contributed by atoms with Gasteiger partial charge in [-0.15, -0.1) is 0 Å². The lowest BCUT2D eigenvalue weighted by Gasteiger charge is -2.30. The van der Waals surface area contributed by atoms with Crippen LogP contribution in [0.2, 0.25) is 0 Å². The normalized spacial score (nSPS) is 21.8. The summed E-state index contributed by atoms with van der Waals surface area (Å²) in [4.78, 5) is 2.57. The van der Waals surface area contributed by atoms with Crippen LogP contribution in [-0.4, -0.2) is 31.1 Å². The van der Waals surface area contributed by atoms with Crippen molar-refractivity contribution < 1.29 is 4.74 Å². The first kappa shape index (κ1) is 16.3. The van der Waals surface area contributed by atoms with Gasteiger partial charge in [0.2, 0.25) is 0 Å². The number of rotatable bonds is 6. The average molecular weight is 290 g/mol. The highest BCUT2D eigenvalue weighted by Crippen LogP contribution is 2.27. The maximum Gasteiger partial charge on any atom is 0.119 e. The van der Waals surface area contributed by atoms with Crippen LogP contribution in [0.4, 0.5) is 0 Å². The molecule has 2 unspecified atom stereocenters. The Morgan fingerprint density at radius 1 is 1.19 bits per heavy atom. The molecule has 118 valence electrons. The van der Waals surface area contributed by atoms with Crippen molar-refractivity contribution in [2.75, 3.05) is 26.2 Å². The van der Waals surface area contributed by atoms with Crippen molar-refractivity contribution in [3.8, 4) is 5.75 Å². The van der Waals surface area contributed by atoms with E-state index >= 15 is 0 Å². The second-order valence-corrected chi connectivity index (χ2v) is 5.99. The average Bonchev–Trinajstić information content (AvgIpc) is 2.76. The van der Waals surface area contributed by atoms with E-state index < -0.39 is 0 Å². The Labute approximate surface area is 129 Å². The molecule has 0 saturated carbocycles. The smallest absolute Gasteiger partial charge is 0.119 e. The van der Waals surface area contributed by atoms with Crippen LogP contribution in [0.1, 0.15) is 51.1 Å². The first-order valence-electron chi connectivity index (χ1n) is 8.45. The lowest BCUT2D eigenvalue weighted by Crippen LogP contribution is -2.34. The Hall–Kier alpha value is -1.06. The van der Waals surface area contributed by atoms with Crippen LogP contribution >= 0.6 is 0 Å². The molecular weight excluding hydrogens is 260 g/mol. The van der Waals surface area contributed by atoms with Gasteiger partial charge in [-0.25, -0.2) is 0 Å². The van der Waals surface area contributed by atoms with Crippen LogP contribution in [-0.2, 0) is 0 Å². The molecule has 1 aromatic carbocycles. The fourth-order valence-corrected chi connectivity index (χ4v) is 3.36. The Morgan fingerprint density at radius 2 is 1.95 bits per heavy atom. The Kier molecular flexibility index (Phi) is 6.52. The molecule has 0 radical (unpaired) electrons. The quantitative estimate of drug-likeness (QED) is 0.870. The van der Waals surface area contributed by atoms with E-state index in [1.54, 1.807) is 0 Å². The van der Waals surface area contributed by atoms with Gasteiger partial charge in [0.15, 0.2) is 0 Å². The van der Waals surface area contributed by atoms with Gasteiger partial charge < -0.3 is 10.5 Å². The van der Waals surface area contributed by atoms with Crippen LogP contribution in [0.5, 0.6) is 5.75 Å². The number of nitrogens with zero attached hydrogens (tertiary/aromatic N) is 1. The molecule has 1 saturated heterocycles. The summed E-state index contributed by atoms with van der Waals surface area (Å²) in [6, 6.07) is 8.81. The van der Waals surface area contributed by atoms with E-state index in [1.165, 1.54) is 44.3 Å². The van der Waals surface area contributed by atoms with E-state index in [9.17, 15) is 0 Å². The second kappa shape index (κ2) is 8.40. The van der Waals surface area contributed by atoms with E-state index in [0.29, 0.717) is 19.2 Å². The summed E-state index contributed by atoms with van der Waals surface area (Å²) in [5.41, 5.74) is 7.39. The zero-order chi connectivity index (χ0) is 15.1. The van der Waals surface area contributed by atoms with Crippen molar-refractivity contribution in [2.45, 2.75) is 45.6 Å². The monoisotopic (exact) mass is 290 g/mol. The zero-order valence-electron chi connectivity index (χ0n) is 13.6. The molecule has 0 spiro atoms. The van der Waals surface area contributed by atoms with Crippen molar-refractivity contribution in [3.05, 3.63) is 29.8 Å². The fraction of sp³-hybridized carbons (Fsp3) is 0.667. The van der Waals surface area contributed by atoms with Gasteiger partial charge in [-0.1, -0.05) is 25.5 Å². The van der Waals surface area contributed by atoms with Crippen LogP contribution < -0.4 is 10.5 Å². The summed E-state index contributed by atoms with van der Waals surface area (Å²) >= 11 is 0. The molecule has 3 nitrogen and oxygen atoms in total. The van der Waals surface area contributed by atoms with Crippen molar-refractivity contribution in [1.29, 1.82) is 0 Å². The van der Waals surface area contributed by atoms with Crippen molar-refractivity contribution >= 4 is 0 Å². The van der Waals surface area contributed by atoms with Crippen LogP contribution in [0.15, 0.2) is 24.3 Å². The number of hydrogen-bond donors (Lipinski definition) is 1. The van der Waals surface area contributed by atoms with Gasteiger partial charge in [-0.2, -0.15) is 0 Å². The first-order chi connectivity index (χ1) is 10.3. The number of likely N-dealkylation sites (tertiary alicyclic amines) is 1. The summed E-state index contributed by atoms with van der Waals surface area (Å²) in [5, 5.41) is 0. The lowest BCUT2D eigenvalue weighted by atomic mass is 9.98. The van der Waals surface area contributed by atoms with E-state index in [2.05, 4.69) is 36.1 Å². The molecule has 0 aliphatic carbocycles. The van der Waals surface area contributed by atoms with Gasteiger partial charge in [-0.3, -0.25) is 4.90 Å². The largest absolute Gasteiger partial charge is 0.494 e. The molecule has 1 aromatic rings. The van der Waals surface area contributed by atoms with Gasteiger partial charge in [0.05, 0.1) is 6.61 Å².